The Kier molecular flexibility index (Phi) is 2.11. The van der Waals surface area contributed by atoms with Gasteiger partial charge in [-0.2, -0.15) is 5.10 Å². The van der Waals surface area contributed by atoms with Crippen molar-refractivity contribution < 1.29 is 9.90 Å². The van der Waals surface area contributed by atoms with E-state index in [1.807, 2.05) is 12.2 Å². The molecular formula is C10H12N2O2. The number of aromatic nitrogens is 2. The first-order valence-corrected chi connectivity index (χ1v) is 4.65. The Morgan fingerprint density at radius 1 is 1.71 bits per heavy atom. The van der Waals surface area contributed by atoms with Gasteiger partial charge in [0.25, 0.3) is 0 Å². The molecular weight excluding hydrogens is 180 g/mol. The summed E-state index contributed by atoms with van der Waals surface area (Å²) >= 11 is 0. The number of fused-ring (bicyclic) bond motifs is 1. The molecule has 0 unspecified atom stereocenters. The van der Waals surface area contributed by atoms with Crippen molar-refractivity contribution in [3.63, 3.8) is 0 Å². The lowest BCUT2D eigenvalue weighted by atomic mass is 10.0. The molecule has 1 aliphatic carbocycles. The third-order valence-electron chi connectivity index (χ3n) is 2.46. The van der Waals surface area contributed by atoms with E-state index < -0.39 is 5.97 Å². The van der Waals surface area contributed by atoms with Gasteiger partial charge in [0, 0.05) is 11.3 Å². The van der Waals surface area contributed by atoms with Crippen LogP contribution in [0.15, 0.2) is 6.08 Å². The van der Waals surface area contributed by atoms with Crippen LogP contribution >= 0.6 is 0 Å². The summed E-state index contributed by atoms with van der Waals surface area (Å²) in [6.45, 7) is 2.14. The predicted molar refractivity (Wildman–Crippen MR) is 52.1 cm³/mol. The summed E-state index contributed by atoms with van der Waals surface area (Å²) in [5.41, 5.74) is 1.80. The highest BCUT2D eigenvalue weighted by Crippen LogP contribution is 2.23. The van der Waals surface area contributed by atoms with Gasteiger partial charge in [-0.15, -0.1) is 0 Å². The van der Waals surface area contributed by atoms with Crippen LogP contribution in [0.25, 0.3) is 6.08 Å². The summed E-state index contributed by atoms with van der Waals surface area (Å²) < 4.78 is 0. The van der Waals surface area contributed by atoms with Gasteiger partial charge in [0.1, 0.15) is 0 Å². The van der Waals surface area contributed by atoms with Crippen molar-refractivity contribution in [2.45, 2.75) is 19.8 Å². The molecule has 0 saturated carbocycles. The SMILES string of the molecule is C[C@@H]1CC=Cc2c(C(=O)O)n[nH]c2C1. The second-order valence-electron chi connectivity index (χ2n) is 3.72. The molecule has 1 aromatic heterocycles. The molecule has 0 amide bonds. The molecule has 0 aliphatic heterocycles. The van der Waals surface area contributed by atoms with Crippen molar-refractivity contribution in [3.05, 3.63) is 23.0 Å². The van der Waals surface area contributed by atoms with Crippen molar-refractivity contribution in [1.82, 2.24) is 10.2 Å². The number of hydrogen-bond donors (Lipinski definition) is 2. The van der Waals surface area contributed by atoms with Gasteiger partial charge < -0.3 is 5.11 Å². The molecule has 0 bridgehead atoms. The van der Waals surface area contributed by atoms with E-state index in [-0.39, 0.29) is 5.69 Å². The first-order chi connectivity index (χ1) is 6.68. The molecule has 74 valence electrons. The van der Waals surface area contributed by atoms with Crippen LogP contribution in [0.2, 0.25) is 0 Å². The predicted octanol–water partition coefficient (Wildman–Crippen LogP) is 1.70. The minimum atomic E-state index is -0.971. The third kappa shape index (κ3) is 1.43. The number of nitrogens with one attached hydrogen (secondary N) is 1. The molecule has 14 heavy (non-hydrogen) atoms. The molecule has 4 heteroatoms. The Balaban J connectivity index is 2.46. The fourth-order valence-corrected chi connectivity index (χ4v) is 1.73. The summed E-state index contributed by atoms with van der Waals surface area (Å²) in [5.74, 6) is -0.434. The normalized spacial score (nSPS) is 20.2. The number of carboxylic acid groups (broad SMARTS) is 1. The molecule has 1 heterocycles. The van der Waals surface area contributed by atoms with Gasteiger partial charge in [-0.3, -0.25) is 5.10 Å². The zero-order valence-electron chi connectivity index (χ0n) is 7.95. The number of hydrogen-bond acceptors (Lipinski definition) is 2. The standard InChI is InChI=1S/C10H12N2O2/c1-6-3-2-4-7-8(5-6)11-12-9(7)10(13)14/h2,4,6H,3,5H2,1H3,(H,11,12)(H,13,14)/t6-/m1/s1. The first kappa shape index (κ1) is 8.99. The number of aromatic amines is 1. The van der Waals surface area contributed by atoms with E-state index in [1.54, 1.807) is 0 Å². The van der Waals surface area contributed by atoms with Gasteiger partial charge in [-0.05, 0) is 18.8 Å². The van der Waals surface area contributed by atoms with Crippen LogP contribution < -0.4 is 0 Å². The highest BCUT2D eigenvalue weighted by Gasteiger charge is 2.19. The minimum Gasteiger partial charge on any atom is -0.476 e. The number of carbonyl (C=O) groups is 1. The number of carboxylic acids is 1. The van der Waals surface area contributed by atoms with Crippen molar-refractivity contribution >= 4 is 12.0 Å². The lowest BCUT2D eigenvalue weighted by Gasteiger charge is -2.03. The Hall–Kier alpha value is -1.58. The van der Waals surface area contributed by atoms with Gasteiger partial charge in [0.05, 0.1) is 0 Å². The summed E-state index contributed by atoms with van der Waals surface area (Å²) in [4.78, 5) is 10.8. The summed E-state index contributed by atoms with van der Waals surface area (Å²) in [6, 6.07) is 0. The molecule has 0 spiro atoms. The Labute approximate surface area is 81.6 Å². The van der Waals surface area contributed by atoms with Crippen LogP contribution in [-0.2, 0) is 6.42 Å². The van der Waals surface area contributed by atoms with Gasteiger partial charge in [0.15, 0.2) is 5.69 Å². The van der Waals surface area contributed by atoms with E-state index in [2.05, 4.69) is 17.1 Å². The van der Waals surface area contributed by atoms with Crippen LogP contribution in [0.1, 0.15) is 35.1 Å². The van der Waals surface area contributed by atoms with Crippen LogP contribution in [-0.4, -0.2) is 21.3 Å². The summed E-state index contributed by atoms with van der Waals surface area (Å²) in [7, 11) is 0. The Morgan fingerprint density at radius 3 is 3.21 bits per heavy atom. The third-order valence-corrected chi connectivity index (χ3v) is 2.46. The number of rotatable bonds is 1. The van der Waals surface area contributed by atoms with E-state index in [0.717, 1.165) is 24.1 Å². The van der Waals surface area contributed by atoms with Gasteiger partial charge in [-0.25, -0.2) is 4.79 Å². The molecule has 1 aromatic rings. The smallest absolute Gasteiger partial charge is 0.357 e. The summed E-state index contributed by atoms with van der Waals surface area (Å²) in [5, 5.41) is 15.5. The highest BCUT2D eigenvalue weighted by atomic mass is 16.4. The quantitative estimate of drug-likeness (QED) is 0.711. The second-order valence-corrected chi connectivity index (χ2v) is 3.72. The zero-order valence-corrected chi connectivity index (χ0v) is 7.95. The number of H-pyrrole nitrogens is 1. The maximum atomic E-state index is 10.8. The lowest BCUT2D eigenvalue weighted by Crippen LogP contribution is -1.99. The largest absolute Gasteiger partial charge is 0.476 e. The molecule has 1 atom stereocenters. The molecule has 0 saturated heterocycles. The van der Waals surface area contributed by atoms with Crippen LogP contribution in [0.4, 0.5) is 0 Å². The molecule has 1 aliphatic rings. The topological polar surface area (TPSA) is 66.0 Å². The Morgan fingerprint density at radius 2 is 2.50 bits per heavy atom. The lowest BCUT2D eigenvalue weighted by molar-refractivity contribution is 0.0690. The average molecular weight is 192 g/mol. The molecule has 4 nitrogen and oxygen atoms in total. The maximum absolute atomic E-state index is 10.8. The van der Waals surface area contributed by atoms with E-state index in [9.17, 15) is 4.79 Å². The van der Waals surface area contributed by atoms with Gasteiger partial charge >= 0.3 is 5.97 Å². The molecule has 2 N–H and O–H groups in total. The second kappa shape index (κ2) is 3.29. The number of nitrogens with zero attached hydrogens (tertiary/aromatic N) is 1. The van der Waals surface area contributed by atoms with Crippen LogP contribution in [0.5, 0.6) is 0 Å². The van der Waals surface area contributed by atoms with Crippen LogP contribution in [0, 0.1) is 5.92 Å². The monoisotopic (exact) mass is 192 g/mol. The molecule has 0 radical (unpaired) electrons. The molecule has 0 aromatic carbocycles. The van der Waals surface area contributed by atoms with Gasteiger partial charge in [-0.1, -0.05) is 19.1 Å². The maximum Gasteiger partial charge on any atom is 0.357 e. The van der Waals surface area contributed by atoms with Crippen molar-refractivity contribution in [2.24, 2.45) is 5.92 Å². The zero-order chi connectivity index (χ0) is 10.1. The van der Waals surface area contributed by atoms with E-state index in [1.165, 1.54) is 0 Å². The fraction of sp³-hybridized carbons (Fsp3) is 0.400. The molecule has 0 fully saturated rings. The van der Waals surface area contributed by atoms with Crippen molar-refractivity contribution in [2.75, 3.05) is 0 Å². The van der Waals surface area contributed by atoms with E-state index in [0.29, 0.717) is 5.92 Å². The molecule has 2 rings (SSSR count). The van der Waals surface area contributed by atoms with E-state index >= 15 is 0 Å². The number of allylic oxidation sites excluding steroid dienone is 1. The highest BCUT2D eigenvalue weighted by molar-refractivity contribution is 5.90. The van der Waals surface area contributed by atoms with E-state index in [4.69, 9.17) is 5.11 Å². The minimum absolute atomic E-state index is 0.130. The first-order valence-electron chi connectivity index (χ1n) is 4.65. The fourth-order valence-electron chi connectivity index (χ4n) is 1.73. The van der Waals surface area contributed by atoms with Gasteiger partial charge in [0.2, 0.25) is 0 Å². The van der Waals surface area contributed by atoms with Crippen LogP contribution in [0.3, 0.4) is 0 Å². The van der Waals surface area contributed by atoms with Crippen molar-refractivity contribution in [3.8, 4) is 0 Å². The van der Waals surface area contributed by atoms with Crippen molar-refractivity contribution in [1.29, 1.82) is 0 Å². The summed E-state index contributed by atoms with van der Waals surface area (Å²) in [6.07, 6.45) is 5.72. The Bertz CT molecular complexity index is 393. The number of aromatic carboxylic acids is 1. The average Bonchev–Trinajstić information content (AvgIpc) is 2.41.